The topological polar surface area (TPSA) is 77.8 Å². The molecule has 0 aliphatic carbocycles. The van der Waals surface area contributed by atoms with Crippen molar-refractivity contribution in [3.05, 3.63) is 36.1 Å². The highest BCUT2D eigenvalue weighted by Crippen LogP contribution is 2.37. The zero-order valence-electron chi connectivity index (χ0n) is 12.7. The fourth-order valence-corrected chi connectivity index (χ4v) is 3.42. The largest absolute Gasteiger partial charge is 0.481 e. The second kappa shape index (κ2) is 7.04. The molecule has 1 rings (SSSR count). The standard InChI is InChI=1S/C15H23NO4S/c1-5-7-12-8-11(9-15(3,4)14(17)18)10-16(21(19)20)13(12)6-2/h5-7,11H,1,8-10H2,2-4H3,(H,17,18)(H,19,20)/b12-7-,13-6+/t11-/m0/s1. The van der Waals surface area contributed by atoms with Crippen molar-refractivity contribution in [3.8, 4) is 0 Å². The molecule has 0 aromatic rings. The highest BCUT2D eigenvalue weighted by Gasteiger charge is 2.36. The molecule has 1 heterocycles. The second-order valence-electron chi connectivity index (χ2n) is 5.86. The average molecular weight is 313 g/mol. The van der Waals surface area contributed by atoms with E-state index in [9.17, 15) is 18.7 Å². The van der Waals surface area contributed by atoms with E-state index in [-0.39, 0.29) is 5.92 Å². The molecule has 1 aliphatic rings. The maximum atomic E-state index is 11.5. The number of allylic oxidation sites excluding steroid dienone is 4. The first-order chi connectivity index (χ1) is 9.72. The zero-order valence-corrected chi connectivity index (χ0v) is 13.5. The Hall–Kier alpha value is -1.40. The highest BCUT2D eigenvalue weighted by atomic mass is 32.2. The maximum absolute atomic E-state index is 11.5. The maximum Gasteiger partial charge on any atom is 0.309 e. The molecule has 5 nitrogen and oxygen atoms in total. The molecule has 0 saturated carbocycles. The Morgan fingerprint density at radius 3 is 2.62 bits per heavy atom. The molecule has 2 N–H and O–H groups in total. The van der Waals surface area contributed by atoms with Gasteiger partial charge in [0.05, 0.1) is 11.1 Å². The summed E-state index contributed by atoms with van der Waals surface area (Å²) in [5.74, 6) is -0.854. The summed E-state index contributed by atoms with van der Waals surface area (Å²) in [5, 5.41) is 9.25. The van der Waals surface area contributed by atoms with Crippen LogP contribution in [0.4, 0.5) is 0 Å². The Bertz CT molecular complexity index is 508. The van der Waals surface area contributed by atoms with E-state index in [2.05, 4.69) is 6.58 Å². The van der Waals surface area contributed by atoms with Crippen molar-refractivity contribution in [2.45, 2.75) is 33.6 Å². The van der Waals surface area contributed by atoms with E-state index in [0.29, 0.717) is 25.1 Å². The summed E-state index contributed by atoms with van der Waals surface area (Å²) < 4.78 is 22.4. The lowest BCUT2D eigenvalue weighted by atomic mass is 9.78. The van der Waals surface area contributed by atoms with Crippen molar-refractivity contribution >= 4 is 17.2 Å². The third-order valence-corrected chi connectivity index (χ3v) is 4.41. The number of rotatable bonds is 5. The van der Waals surface area contributed by atoms with Gasteiger partial charge in [-0.15, -0.1) is 0 Å². The molecule has 0 aromatic heterocycles. The number of aliphatic carboxylic acids is 1. The molecule has 1 unspecified atom stereocenters. The van der Waals surface area contributed by atoms with Gasteiger partial charge in [-0.3, -0.25) is 13.7 Å². The minimum Gasteiger partial charge on any atom is -0.481 e. The summed E-state index contributed by atoms with van der Waals surface area (Å²) in [5.41, 5.74) is 0.757. The Balaban J connectivity index is 3.06. The number of hydrogen-bond acceptors (Lipinski definition) is 2. The minimum absolute atomic E-state index is 0.00194. The third kappa shape index (κ3) is 4.28. The van der Waals surface area contributed by atoms with Crippen LogP contribution in [0.1, 0.15) is 33.6 Å². The fourth-order valence-electron chi connectivity index (χ4n) is 2.69. The molecule has 0 bridgehead atoms. The number of nitrogens with zero attached hydrogens (tertiary/aromatic N) is 1. The first-order valence-corrected chi connectivity index (χ1v) is 7.89. The highest BCUT2D eigenvalue weighted by molar-refractivity contribution is 7.76. The first kappa shape index (κ1) is 17.7. The van der Waals surface area contributed by atoms with Gasteiger partial charge in [-0.05, 0) is 45.1 Å². The van der Waals surface area contributed by atoms with Gasteiger partial charge < -0.3 is 5.11 Å². The predicted molar refractivity (Wildman–Crippen MR) is 83.7 cm³/mol. The Morgan fingerprint density at radius 1 is 1.57 bits per heavy atom. The van der Waals surface area contributed by atoms with E-state index in [1.54, 1.807) is 26.0 Å². The molecular formula is C15H23NO4S. The number of hydrogen-bond donors (Lipinski definition) is 2. The van der Waals surface area contributed by atoms with Crippen molar-refractivity contribution in [3.63, 3.8) is 0 Å². The molecule has 0 spiro atoms. The zero-order chi connectivity index (χ0) is 16.2. The van der Waals surface area contributed by atoms with Crippen LogP contribution in [0.2, 0.25) is 0 Å². The van der Waals surface area contributed by atoms with E-state index in [0.717, 1.165) is 5.57 Å². The first-order valence-electron chi connectivity index (χ1n) is 6.83. The molecule has 2 atom stereocenters. The molecule has 21 heavy (non-hydrogen) atoms. The van der Waals surface area contributed by atoms with Gasteiger partial charge in [0.2, 0.25) is 0 Å². The second-order valence-corrected chi connectivity index (χ2v) is 6.76. The fraction of sp³-hybridized carbons (Fsp3) is 0.533. The van der Waals surface area contributed by atoms with Crippen LogP contribution in [-0.4, -0.2) is 30.7 Å². The van der Waals surface area contributed by atoms with Crippen LogP contribution in [0.3, 0.4) is 0 Å². The molecule has 6 heteroatoms. The molecule has 1 fully saturated rings. The third-order valence-electron chi connectivity index (χ3n) is 3.69. The van der Waals surface area contributed by atoms with Gasteiger partial charge in [0, 0.05) is 6.54 Å². The van der Waals surface area contributed by atoms with Crippen molar-refractivity contribution < 1.29 is 18.7 Å². The quantitative estimate of drug-likeness (QED) is 0.765. The van der Waals surface area contributed by atoms with Crippen LogP contribution < -0.4 is 0 Å². The number of carboxylic acids is 1. The smallest absolute Gasteiger partial charge is 0.309 e. The molecule has 0 aromatic carbocycles. The summed E-state index contributed by atoms with van der Waals surface area (Å²) in [4.78, 5) is 11.3. The number of carbonyl (C=O) groups is 1. The van der Waals surface area contributed by atoms with Gasteiger partial charge in [0.1, 0.15) is 0 Å². The summed E-state index contributed by atoms with van der Waals surface area (Å²) >= 11 is -2.12. The van der Waals surface area contributed by atoms with Crippen molar-refractivity contribution in [1.82, 2.24) is 4.31 Å². The van der Waals surface area contributed by atoms with E-state index in [4.69, 9.17) is 0 Å². The van der Waals surface area contributed by atoms with Gasteiger partial charge in [-0.1, -0.05) is 24.8 Å². The monoisotopic (exact) mass is 313 g/mol. The van der Waals surface area contributed by atoms with E-state index < -0.39 is 22.7 Å². The molecule has 0 amide bonds. The van der Waals surface area contributed by atoms with Crippen molar-refractivity contribution in [1.29, 1.82) is 0 Å². The SMILES string of the molecule is C=C/C=C1/C[C@@H](CC(C)(C)C(=O)O)CN(S(=O)O)/C1=C/C. The van der Waals surface area contributed by atoms with Gasteiger partial charge in [0.15, 0.2) is 0 Å². The minimum atomic E-state index is -2.12. The molecule has 1 saturated heterocycles. The normalized spacial score (nSPS) is 25.1. The van der Waals surface area contributed by atoms with E-state index in [1.807, 2.05) is 13.0 Å². The van der Waals surface area contributed by atoms with Crippen LogP contribution in [0.25, 0.3) is 0 Å². The summed E-state index contributed by atoms with van der Waals surface area (Å²) in [6.45, 7) is 9.21. The van der Waals surface area contributed by atoms with E-state index in [1.165, 1.54) is 4.31 Å². The van der Waals surface area contributed by atoms with Crippen LogP contribution in [0.5, 0.6) is 0 Å². The Morgan fingerprint density at radius 2 is 2.19 bits per heavy atom. The molecular weight excluding hydrogens is 290 g/mol. The lowest BCUT2D eigenvalue weighted by molar-refractivity contribution is -0.148. The summed E-state index contributed by atoms with van der Waals surface area (Å²) in [6, 6.07) is 0. The number of piperidine rings is 1. The average Bonchev–Trinajstić information content (AvgIpc) is 2.37. The van der Waals surface area contributed by atoms with Gasteiger partial charge in [0.25, 0.3) is 11.3 Å². The van der Waals surface area contributed by atoms with Crippen LogP contribution in [0.15, 0.2) is 36.1 Å². The molecule has 1 aliphatic heterocycles. The van der Waals surface area contributed by atoms with Crippen molar-refractivity contribution in [2.24, 2.45) is 11.3 Å². The number of carboxylic acid groups (broad SMARTS) is 1. The van der Waals surface area contributed by atoms with Crippen LogP contribution in [0, 0.1) is 11.3 Å². The Kier molecular flexibility index (Phi) is 5.92. The van der Waals surface area contributed by atoms with E-state index >= 15 is 0 Å². The van der Waals surface area contributed by atoms with Gasteiger partial charge in [-0.25, -0.2) is 4.21 Å². The summed E-state index contributed by atoms with van der Waals surface area (Å²) in [6.07, 6.45) is 6.37. The molecule has 0 radical (unpaired) electrons. The Labute approximate surface area is 128 Å². The lowest BCUT2D eigenvalue weighted by Gasteiger charge is -2.37. The van der Waals surface area contributed by atoms with Crippen LogP contribution >= 0.6 is 0 Å². The van der Waals surface area contributed by atoms with Gasteiger partial charge in [-0.2, -0.15) is 0 Å². The van der Waals surface area contributed by atoms with Crippen LogP contribution in [-0.2, 0) is 16.1 Å². The van der Waals surface area contributed by atoms with Crippen molar-refractivity contribution in [2.75, 3.05) is 6.54 Å². The predicted octanol–water partition coefficient (Wildman–Crippen LogP) is 2.96. The van der Waals surface area contributed by atoms with Gasteiger partial charge >= 0.3 is 5.97 Å². The lowest BCUT2D eigenvalue weighted by Crippen LogP contribution is -2.39. The summed E-state index contributed by atoms with van der Waals surface area (Å²) in [7, 11) is 0. The molecule has 118 valence electrons.